The summed E-state index contributed by atoms with van der Waals surface area (Å²) in [4.78, 5) is 0. The van der Waals surface area contributed by atoms with Gasteiger partial charge in [-0.2, -0.15) is 0 Å². The Bertz CT molecular complexity index is 411. The van der Waals surface area contributed by atoms with Gasteiger partial charge in [0.25, 0.3) is 0 Å². The van der Waals surface area contributed by atoms with Crippen molar-refractivity contribution in [3.8, 4) is 12.3 Å². The fraction of sp³-hybridized carbons (Fsp3) is 0.429. The Labute approximate surface area is 102 Å². The van der Waals surface area contributed by atoms with Crippen LogP contribution in [0.2, 0.25) is 0 Å². The minimum atomic E-state index is 0.0123. The Morgan fingerprint density at radius 1 is 1.53 bits per heavy atom. The highest BCUT2D eigenvalue weighted by Crippen LogP contribution is 2.30. The second-order valence-electron chi connectivity index (χ2n) is 4.26. The third-order valence-corrected chi connectivity index (χ3v) is 3.21. The van der Waals surface area contributed by atoms with Gasteiger partial charge in [-0.3, -0.25) is 11.3 Å². The Morgan fingerprint density at radius 2 is 2.35 bits per heavy atom. The minimum absolute atomic E-state index is 0.0123. The van der Waals surface area contributed by atoms with Crippen LogP contribution in [0.3, 0.4) is 0 Å². The maximum Gasteiger partial charge on any atom is 0.0994 e. The normalized spacial score (nSPS) is 20.4. The van der Waals surface area contributed by atoms with E-state index in [1.165, 1.54) is 11.1 Å². The molecule has 1 aliphatic heterocycles. The molecule has 17 heavy (non-hydrogen) atoms. The predicted octanol–water partition coefficient (Wildman–Crippen LogP) is 1.55. The van der Waals surface area contributed by atoms with Crippen molar-refractivity contribution in [2.24, 2.45) is 5.84 Å². The molecule has 0 spiro atoms. The van der Waals surface area contributed by atoms with Crippen molar-refractivity contribution in [1.82, 2.24) is 5.43 Å². The quantitative estimate of drug-likeness (QED) is 0.468. The van der Waals surface area contributed by atoms with E-state index in [2.05, 4.69) is 29.5 Å². The molecule has 2 unspecified atom stereocenters. The first-order chi connectivity index (χ1) is 8.36. The number of fused-ring (bicyclic) bond motifs is 1. The van der Waals surface area contributed by atoms with Crippen LogP contribution in [0.5, 0.6) is 0 Å². The molecule has 0 amide bonds. The molecule has 90 valence electrons. The summed E-state index contributed by atoms with van der Waals surface area (Å²) in [5.41, 5.74) is 5.41. The highest BCUT2D eigenvalue weighted by Gasteiger charge is 2.27. The molecule has 1 heterocycles. The smallest absolute Gasteiger partial charge is 0.0994 e. The molecule has 0 aromatic heterocycles. The molecule has 3 heteroatoms. The van der Waals surface area contributed by atoms with E-state index in [1.807, 2.05) is 6.07 Å². The second kappa shape index (κ2) is 5.83. The molecule has 1 aromatic carbocycles. The van der Waals surface area contributed by atoms with Crippen LogP contribution < -0.4 is 11.3 Å². The van der Waals surface area contributed by atoms with E-state index in [0.717, 1.165) is 19.4 Å². The predicted molar refractivity (Wildman–Crippen MR) is 68.0 cm³/mol. The summed E-state index contributed by atoms with van der Waals surface area (Å²) in [6.07, 6.45) is 7.81. The zero-order valence-corrected chi connectivity index (χ0v) is 9.86. The van der Waals surface area contributed by atoms with Gasteiger partial charge in [-0.1, -0.05) is 24.3 Å². The molecule has 1 aliphatic rings. The van der Waals surface area contributed by atoms with E-state index in [9.17, 15) is 0 Å². The number of terminal acetylenes is 1. The number of hydrazine groups is 1. The van der Waals surface area contributed by atoms with Gasteiger partial charge in [0.1, 0.15) is 0 Å². The summed E-state index contributed by atoms with van der Waals surface area (Å²) in [6, 6.07) is 8.44. The number of nitrogens with two attached hydrogens (primary N) is 1. The maximum atomic E-state index is 5.84. The van der Waals surface area contributed by atoms with Crippen molar-refractivity contribution in [1.29, 1.82) is 0 Å². The van der Waals surface area contributed by atoms with Crippen LogP contribution in [-0.2, 0) is 11.2 Å². The lowest BCUT2D eigenvalue weighted by molar-refractivity contribution is 0.0136. The Balaban J connectivity index is 2.19. The number of nitrogens with one attached hydrogen (secondary N) is 1. The van der Waals surface area contributed by atoms with Gasteiger partial charge < -0.3 is 4.74 Å². The number of benzene rings is 1. The molecule has 0 saturated carbocycles. The standard InChI is InChI=1S/C14H18N2O/c1-2-3-8-13(16-15)14-12-7-5-4-6-11(12)9-10-17-14/h1,4-7,13-14,16H,3,8-10,15H2. The maximum absolute atomic E-state index is 5.84. The van der Waals surface area contributed by atoms with E-state index in [4.69, 9.17) is 17.0 Å². The zero-order valence-electron chi connectivity index (χ0n) is 9.86. The molecule has 3 nitrogen and oxygen atoms in total. The van der Waals surface area contributed by atoms with E-state index in [1.54, 1.807) is 0 Å². The van der Waals surface area contributed by atoms with Crippen molar-refractivity contribution in [2.75, 3.05) is 6.61 Å². The van der Waals surface area contributed by atoms with Crippen molar-refractivity contribution < 1.29 is 4.74 Å². The van der Waals surface area contributed by atoms with E-state index in [0.29, 0.717) is 6.42 Å². The fourth-order valence-electron chi connectivity index (χ4n) is 2.32. The summed E-state index contributed by atoms with van der Waals surface area (Å²) in [6.45, 7) is 0.746. The summed E-state index contributed by atoms with van der Waals surface area (Å²) in [5, 5.41) is 0. The Kier molecular flexibility index (Phi) is 4.16. The Morgan fingerprint density at radius 3 is 3.12 bits per heavy atom. The molecule has 0 bridgehead atoms. The number of hydrogen-bond donors (Lipinski definition) is 2. The highest BCUT2D eigenvalue weighted by molar-refractivity contribution is 5.31. The highest BCUT2D eigenvalue weighted by atomic mass is 16.5. The van der Waals surface area contributed by atoms with Crippen molar-refractivity contribution in [2.45, 2.75) is 31.4 Å². The zero-order chi connectivity index (χ0) is 12.1. The summed E-state index contributed by atoms with van der Waals surface area (Å²) in [5.74, 6) is 8.25. The lowest BCUT2D eigenvalue weighted by Crippen LogP contribution is -2.42. The van der Waals surface area contributed by atoms with E-state index < -0.39 is 0 Å². The summed E-state index contributed by atoms with van der Waals surface area (Å²) in [7, 11) is 0. The van der Waals surface area contributed by atoms with Gasteiger partial charge in [0.2, 0.25) is 0 Å². The van der Waals surface area contributed by atoms with Gasteiger partial charge in [-0.25, -0.2) is 0 Å². The van der Waals surface area contributed by atoms with Crippen LogP contribution in [0, 0.1) is 12.3 Å². The topological polar surface area (TPSA) is 47.3 Å². The van der Waals surface area contributed by atoms with Gasteiger partial charge in [0, 0.05) is 6.42 Å². The molecule has 3 N–H and O–H groups in total. The van der Waals surface area contributed by atoms with Crippen LogP contribution in [0.25, 0.3) is 0 Å². The first kappa shape index (κ1) is 12.1. The van der Waals surface area contributed by atoms with Crippen molar-refractivity contribution >= 4 is 0 Å². The molecule has 0 fully saturated rings. The summed E-state index contributed by atoms with van der Waals surface area (Å²) >= 11 is 0. The molecular formula is C14H18N2O. The van der Waals surface area contributed by atoms with Crippen LogP contribution in [0.4, 0.5) is 0 Å². The molecule has 2 atom stereocenters. The van der Waals surface area contributed by atoms with Crippen LogP contribution in [0.15, 0.2) is 24.3 Å². The van der Waals surface area contributed by atoms with E-state index >= 15 is 0 Å². The van der Waals surface area contributed by atoms with Crippen LogP contribution in [0.1, 0.15) is 30.1 Å². The molecule has 2 rings (SSSR count). The average Bonchev–Trinajstić information content (AvgIpc) is 2.40. The van der Waals surface area contributed by atoms with Gasteiger partial charge in [-0.05, 0) is 24.0 Å². The van der Waals surface area contributed by atoms with Crippen molar-refractivity contribution in [3.05, 3.63) is 35.4 Å². The minimum Gasteiger partial charge on any atom is -0.371 e. The largest absolute Gasteiger partial charge is 0.371 e. The first-order valence-electron chi connectivity index (χ1n) is 5.96. The molecule has 0 saturated heterocycles. The van der Waals surface area contributed by atoms with Crippen LogP contribution in [-0.4, -0.2) is 12.6 Å². The molecule has 1 aromatic rings. The third kappa shape index (κ3) is 2.67. The van der Waals surface area contributed by atoms with Crippen LogP contribution >= 0.6 is 0 Å². The number of ether oxygens (including phenoxy) is 1. The van der Waals surface area contributed by atoms with Gasteiger partial charge in [0.05, 0.1) is 18.8 Å². The lowest BCUT2D eigenvalue weighted by Gasteiger charge is -2.31. The molecule has 0 radical (unpaired) electrons. The molecule has 0 aliphatic carbocycles. The first-order valence-corrected chi connectivity index (χ1v) is 5.96. The molecular weight excluding hydrogens is 212 g/mol. The SMILES string of the molecule is C#CCCC(NN)C1OCCc2ccccc21. The third-order valence-electron chi connectivity index (χ3n) is 3.21. The summed E-state index contributed by atoms with van der Waals surface area (Å²) < 4.78 is 5.84. The second-order valence-corrected chi connectivity index (χ2v) is 4.26. The number of hydrogen-bond acceptors (Lipinski definition) is 3. The van der Waals surface area contributed by atoms with E-state index in [-0.39, 0.29) is 12.1 Å². The monoisotopic (exact) mass is 230 g/mol. The number of rotatable bonds is 4. The van der Waals surface area contributed by atoms with Gasteiger partial charge in [-0.15, -0.1) is 12.3 Å². The fourth-order valence-corrected chi connectivity index (χ4v) is 2.32. The van der Waals surface area contributed by atoms with Gasteiger partial charge in [0.15, 0.2) is 0 Å². The average molecular weight is 230 g/mol. The van der Waals surface area contributed by atoms with Gasteiger partial charge >= 0.3 is 0 Å². The lowest BCUT2D eigenvalue weighted by atomic mass is 9.91. The van der Waals surface area contributed by atoms with Crippen molar-refractivity contribution in [3.63, 3.8) is 0 Å². The Hall–Kier alpha value is -1.34.